The Balaban J connectivity index is 1.54. The van der Waals surface area contributed by atoms with Crippen molar-refractivity contribution in [3.05, 3.63) is 70.8 Å². The molecule has 0 saturated heterocycles. The van der Waals surface area contributed by atoms with E-state index in [0.717, 1.165) is 39.0 Å². The number of amides is 1. The maximum atomic E-state index is 13.6. The molecule has 2 aliphatic rings. The van der Waals surface area contributed by atoms with Crippen LogP contribution in [-0.4, -0.2) is 34.2 Å². The number of carbonyl (C=O) groups is 1. The highest BCUT2D eigenvalue weighted by Crippen LogP contribution is 2.48. The number of halogens is 3. The normalized spacial score (nSPS) is 23.7. The third-order valence-electron chi connectivity index (χ3n) is 7.73. The van der Waals surface area contributed by atoms with Crippen LogP contribution in [-0.2, 0) is 5.60 Å². The minimum Gasteiger partial charge on any atom is -0.376 e. The molecule has 0 aromatic heterocycles. The number of carbonyl (C=O) groups excluding carboxylic acids is 1. The van der Waals surface area contributed by atoms with Crippen LogP contribution in [0, 0.1) is 16.7 Å². The Hall–Kier alpha value is -2.85. The zero-order chi connectivity index (χ0) is 25.6. The summed E-state index contributed by atoms with van der Waals surface area (Å²) in [5.74, 6) is 0.176. The highest BCUT2D eigenvalue weighted by molar-refractivity contribution is 5.95. The van der Waals surface area contributed by atoms with Gasteiger partial charge in [0.15, 0.2) is 5.60 Å². The molecule has 0 bridgehead atoms. The summed E-state index contributed by atoms with van der Waals surface area (Å²) in [7, 11) is 0. The van der Waals surface area contributed by atoms with E-state index < -0.39 is 11.8 Å². The van der Waals surface area contributed by atoms with Gasteiger partial charge in [-0.05, 0) is 85.8 Å². The second-order valence-corrected chi connectivity index (χ2v) is 10.8. The fourth-order valence-corrected chi connectivity index (χ4v) is 5.42. The van der Waals surface area contributed by atoms with Crippen LogP contribution in [0.4, 0.5) is 13.2 Å². The molecule has 2 saturated carbocycles. The molecule has 2 fully saturated rings. The van der Waals surface area contributed by atoms with Crippen LogP contribution >= 0.6 is 0 Å². The van der Waals surface area contributed by atoms with Crippen molar-refractivity contribution < 1.29 is 23.1 Å². The van der Waals surface area contributed by atoms with E-state index in [9.17, 15) is 23.1 Å². The predicted molar refractivity (Wildman–Crippen MR) is 127 cm³/mol. The Labute approximate surface area is 204 Å². The summed E-state index contributed by atoms with van der Waals surface area (Å²) in [6, 6.07) is 15.2. The van der Waals surface area contributed by atoms with Crippen molar-refractivity contribution in [1.29, 1.82) is 5.26 Å². The lowest BCUT2D eigenvalue weighted by Gasteiger charge is -2.48. The van der Waals surface area contributed by atoms with Crippen LogP contribution in [0.1, 0.15) is 85.8 Å². The van der Waals surface area contributed by atoms with E-state index >= 15 is 0 Å². The van der Waals surface area contributed by atoms with Crippen molar-refractivity contribution in [2.45, 2.75) is 82.7 Å². The molecular weight excluding hydrogens is 453 g/mol. The average molecular weight is 485 g/mol. The summed E-state index contributed by atoms with van der Waals surface area (Å²) in [5.41, 5.74) is -1.25. The molecule has 2 aromatic carbocycles. The average Bonchev–Trinajstić information content (AvgIpc) is 3.64. The first kappa shape index (κ1) is 25.2. The van der Waals surface area contributed by atoms with Gasteiger partial charge in [-0.15, -0.1) is 0 Å². The summed E-state index contributed by atoms with van der Waals surface area (Å²) >= 11 is 0. The Kier molecular flexibility index (Phi) is 6.48. The number of aliphatic hydroxyl groups is 1. The van der Waals surface area contributed by atoms with E-state index in [1.807, 2.05) is 29.2 Å². The first-order valence-electron chi connectivity index (χ1n) is 12.1. The number of alkyl halides is 3. The number of hydrogen-bond donors (Lipinski definition) is 1. The van der Waals surface area contributed by atoms with Gasteiger partial charge < -0.3 is 10.0 Å². The van der Waals surface area contributed by atoms with Gasteiger partial charge in [-0.3, -0.25) is 4.79 Å². The topological polar surface area (TPSA) is 64.3 Å². The van der Waals surface area contributed by atoms with E-state index in [1.165, 1.54) is 29.8 Å². The summed E-state index contributed by atoms with van der Waals surface area (Å²) in [6.07, 6.45) is -0.301. The first-order valence-corrected chi connectivity index (χ1v) is 12.1. The van der Waals surface area contributed by atoms with Gasteiger partial charge in [0.25, 0.3) is 5.91 Å². The number of rotatable bonds is 5. The molecular formula is C28H31F3N2O2. The van der Waals surface area contributed by atoms with E-state index in [2.05, 4.69) is 19.9 Å². The summed E-state index contributed by atoms with van der Waals surface area (Å²) in [5, 5.41) is 19.0. The van der Waals surface area contributed by atoms with Crippen LogP contribution in [0.15, 0.2) is 48.5 Å². The monoisotopic (exact) mass is 484 g/mol. The molecule has 3 atom stereocenters. The zero-order valence-electron chi connectivity index (χ0n) is 20.3. The number of nitrogens with zero attached hydrogens (tertiary/aromatic N) is 2. The summed E-state index contributed by atoms with van der Waals surface area (Å²) < 4.78 is 39.6. The summed E-state index contributed by atoms with van der Waals surface area (Å²) in [6.45, 7) is 5.08. The molecule has 7 heteroatoms. The molecule has 35 heavy (non-hydrogen) atoms. The third kappa shape index (κ3) is 4.95. The number of hydrogen-bond acceptors (Lipinski definition) is 3. The van der Waals surface area contributed by atoms with E-state index in [-0.39, 0.29) is 29.0 Å². The van der Waals surface area contributed by atoms with Gasteiger partial charge in [0.05, 0.1) is 11.6 Å². The minimum absolute atomic E-state index is 0.0232. The van der Waals surface area contributed by atoms with Crippen LogP contribution in [0.5, 0.6) is 0 Å². The lowest BCUT2D eigenvalue weighted by Crippen LogP contribution is -2.52. The Morgan fingerprint density at radius 1 is 1.03 bits per heavy atom. The quantitative estimate of drug-likeness (QED) is 0.542. The minimum atomic E-state index is -4.81. The van der Waals surface area contributed by atoms with Crippen molar-refractivity contribution in [3.8, 4) is 6.07 Å². The second-order valence-electron chi connectivity index (χ2n) is 10.8. The fourth-order valence-electron chi connectivity index (χ4n) is 5.42. The molecule has 0 unspecified atom stereocenters. The maximum Gasteiger partial charge on any atom is 0.421 e. The largest absolute Gasteiger partial charge is 0.421 e. The van der Waals surface area contributed by atoms with Crippen molar-refractivity contribution >= 4 is 5.91 Å². The highest BCUT2D eigenvalue weighted by Gasteiger charge is 2.51. The lowest BCUT2D eigenvalue weighted by molar-refractivity contribution is -0.258. The molecule has 0 heterocycles. The maximum absolute atomic E-state index is 13.6. The van der Waals surface area contributed by atoms with Gasteiger partial charge in [-0.2, -0.15) is 18.4 Å². The molecule has 2 aromatic rings. The molecule has 0 spiro atoms. The number of nitriles is 1. The van der Waals surface area contributed by atoms with Gasteiger partial charge in [-0.25, -0.2) is 0 Å². The SMILES string of the molecule is CC1(C)C[C@@H](c2ccc(C#N)cc2)CC[C@@H]1N(C(=O)c1ccc([C@](C)(O)C(F)(F)F)cc1)C1CC1. The van der Waals surface area contributed by atoms with Crippen LogP contribution < -0.4 is 0 Å². The second kappa shape index (κ2) is 8.98. The molecule has 4 nitrogen and oxygen atoms in total. The predicted octanol–water partition coefficient (Wildman–Crippen LogP) is 6.30. The van der Waals surface area contributed by atoms with E-state index in [4.69, 9.17) is 5.26 Å². The van der Waals surface area contributed by atoms with Gasteiger partial charge >= 0.3 is 6.18 Å². The molecule has 186 valence electrons. The molecule has 2 aliphatic carbocycles. The molecule has 1 amide bonds. The van der Waals surface area contributed by atoms with E-state index in [0.29, 0.717) is 17.0 Å². The molecule has 1 N–H and O–H groups in total. The smallest absolute Gasteiger partial charge is 0.376 e. The highest BCUT2D eigenvalue weighted by atomic mass is 19.4. The van der Waals surface area contributed by atoms with Gasteiger partial charge in [0.1, 0.15) is 0 Å². The molecule has 0 aliphatic heterocycles. The van der Waals surface area contributed by atoms with Crippen molar-refractivity contribution in [2.24, 2.45) is 5.41 Å². The standard InChI is InChI=1S/C28H31F3N2O2/c1-26(2)16-21(19-6-4-18(17-32)5-7-19)10-15-24(26)33(23-13-14-23)25(34)20-8-11-22(12-9-20)27(3,35)28(29,30)31/h4-9,11-12,21,23-24,35H,10,13-16H2,1-3H3/t21-,24-,27-/m0/s1. The molecule has 4 rings (SSSR count). The lowest BCUT2D eigenvalue weighted by atomic mass is 9.66. The zero-order valence-corrected chi connectivity index (χ0v) is 20.3. The van der Waals surface area contributed by atoms with Crippen molar-refractivity contribution in [2.75, 3.05) is 0 Å². The molecule has 0 radical (unpaired) electrons. The Bertz CT molecular complexity index is 1110. The van der Waals surface area contributed by atoms with Crippen molar-refractivity contribution in [1.82, 2.24) is 4.90 Å². The number of benzene rings is 2. The van der Waals surface area contributed by atoms with Gasteiger partial charge in [0.2, 0.25) is 0 Å². The first-order chi connectivity index (χ1) is 16.3. The fraction of sp³-hybridized carbons (Fsp3) is 0.500. The Morgan fingerprint density at radius 2 is 1.63 bits per heavy atom. The van der Waals surface area contributed by atoms with Crippen LogP contribution in [0.25, 0.3) is 0 Å². The Morgan fingerprint density at radius 3 is 2.11 bits per heavy atom. The van der Waals surface area contributed by atoms with Gasteiger partial charge in [-0.1, -0.05) is 38.1 Å². The van der Waals surface area contributed by atoms with E-state index in [1.54, 1.807) is 0 Å². The van der Waals surface area contributed by atoms with Crippen LogP contribution in [0.2, 0.25) is 0 Å². The van der Waals surface area contributed by atoms with Crippen molar-refractivity contribution in [3.63, 3.8) is 0 Å². The van der Waals surface area contributed by atoms with Crippen LogP contribution in [0.3, 0.4) is 0 Å². The summed E-state index contributed by atoms with van der Waals surface area (Å²) in [4.78, 5) is 15.6. The van der Waals surface area contributed by atoms with Gasteiger partial charge in [0, 0.05) is 17.6 Å². The third-order valence-corrected chi connectivity index (χ3v) is 7.73.